The van der Waals surface area contributed by atoms with Gasteiger partial charge in [0.1, 0.15) is 11.6 Å². The first kappa shape index (κ1) is 21.2. The van der Waals surface area contributed by atoms with Gasteiger partial charge in [-0.25, -0.2) is 8.78 Å². The van der Waals surface area contributed by atoms with Crippen LogP contribution in [0.3, 0.4) is 0 Å². The molecule has 0 atom stereocenters. The Morgan fingerprint density at radius 2 is 1.72 bits per heavy atom. The van der Waals surface area contributed by atoms with Crippen molar-refractivity contribution in [2.75, 3.05) is 0 Å². The van der Waals surface area contributed by atoms with Crippen LogP contribution in [-0.4, -0.2) is 6.18 Å². The Labute approximate surface area is 167 Å². The smallest absolute Gasteiger partial charge is 0.205 e. The van der Waals surface area contributed by atoms with Gasteiger partial charge in [0.25, 0.3) is 0 Å². The third-order valence-corrected chi connectivity index (χ3v) is 5.32. The van der Waals surface area contributed by atoms with E-state index >= 15 is 0 Å². The van der Waals surface area contributed by atoms with Crippen LogP contribution in [0.5, 0.6) is 0 Å². The van der Waals surface area contributed by atoms with Crippen LogP contribution in [0.15, 0.2) is 24.3 Å². The molecule has 0 spiro atoms. The molecule has 29 heavy (non-hydrogen) atoms. The summed E-state index contributed by atoms with van der Waals surface area (Å²) in [7, 11) is 0. The van der Waals surface area contributed by atoms with E-state index in [9.17, 15) is 22.0 Å². The molecule has 3 rings (SSSR count). The van der Waals surface area contributed by atoms with Crippen molar-refractivity contribution in [3.05, 3.63) is 47.0 Å². The second-order valence-electron chi connectivity index (χ2n) is 7.51. The Kier molecular flexibility index (Phi) is 6.48. The fourth-order valence-corrected chi connectivity index (χ4v) is 3.85. The van der Waals surface area contributed by atoms with Crippen molar-refractivity contribution < 1.29 is 22.0 Å². The molecule has 1 aliphatic rings. The number of hydrogen-bond acceptors (Lipinski definition) is 0. The molecule has 0 aromatic heterocycles. The summed E-state index contributed by atoms with van der Waals surface area (Å²) >= 11 is 0. The number of benzene rings is 2. The molecule has 2 aromatic carbocycles. The van der Waals surface area contributed by atoms with E-state index in [-0.39, 0.29) is 10.8 Å². The Morgan fingerprint density at radius 3 is 2.38 bits per heavy atom. The first-order valence-corrected chi connectivity index (χ1v) is 9.80. The number of halogens is 5. The van der Waals surface area contributed by atoms with E-state index in [1.165, 1.54) is 31.7 Å². The van der Waals surface area contributed by atoms with Crippen LogP contribution in [-0.2, 0) is 0 Å². The van der Waals surface area contributed by atoms with Crippen molar-refractivity contribution in [1.29, 1.82) is 0 Å². The van der Waals surface area contributed by atoms with E-state index in [4.69, 9.17) is 0 Å². The highest BCUT2D eigenvalue weighted by Crippen LogP contribution is 2.31. The first-order valence-electron chi connectivity index (χ1n) is 9.80. The maximum Gasteiger partial charge on any atom is 0.458 e. The Bertz CT molecular complexity index is 1000. The molecule has 0 unspecified atom stereocenters. The lowest BCUT2D eigenvalue weighted by Crippen LogP contribution is -2.13. The normalized spacial score (nSPS) is 19.2. The van der Waals surface area contributed by atoms with E-state index in [2.05, 4.69) is 18.8 Å². The lowest BCUT2D eigenvalue weighted by molar-refractivity contribution is -0.0696. The molecule has 2 aromatic rings. The molecule has 152 valence electrons. The summed E-state index contributed by atoms with van der Waals surface area (Å²) in [5.41, 5.74) is -0.251. The summed E-state index contributed by atoms with van der Waals surface area (Å²) < 4.78 is 65.3. The zero-order valence-corrected chi connectivity index (χ0v) is 16.1. The van der Waals surface area contributed by atoms with E-state index < -0.39 is 23.4 Å². The van der Waals surface area contributed by atoms with Gasteiger partial charge in [-0.1, -0.05) is 43.6 Å². The zero-order valence-electron chi connectivity index (χ0n) is 16.1. The van der Waals surface area contributed by atoms with E-state index in [1.807, 2.05) is 0 Å². The van der Waals surface area contributed by atoms with Gasteiger partial charge >= 0.3 is 6.18 Å². The maximum atomic E-state index is 14.5. The quantitative estimate of drug-likeness (QED) is 0.374. The third kappa shape index (κ3) is 5.51. The minimum atomic E-state index is -4.82. The summed E-state index contributed by atoms with van der Waals surface area (Å²) in [6, 6.07) is 5.56. The van der Waals surface area contributed by atoms with E-state index in [1.54, 1.807) is 18.1 Å². The molecule has 0 amide bonds. The van der Waals surface area contributed by atoms with E-state index in [0.717, 1.165) is 30.7 Å². The van der Waals surface area contributed by atoms with Crippen molar-refractivity contribution in [2.45, 2.75) is 51.6 Å². The highest BCUT2D eigenvalue weighted by Gasteiger charge is 2.24. The number of fused-ring (bicyclic) bond motifs is 1. The number of alkyl halides is 3. The van der Waals surface area contributed by atoms with Gasteiger partial charge in [0.15, 0.2) is 0 Å². The van der Waals surface area contributed by atoms with Gasteiger partial charge in [-0.3, -0.25) is 0 Å². The van der Waals surface area contributed by atoms with Crippen LogP contribution in [0.1, 0.15) is 56.6 Å². The Hall–Kier alpha value is -2.53. The van der Waals surface area contributed by atoms with Crippen LogP contribution in [0.2, 0.25) is 0 Å². The SMILES string of the molecule is CCCC1CCC(C#Cc2ccc3c(F)c(C#CC(F)(F)F)c(F)cc3c2)CC1. The topological polar surface area (TPSA) is 0 Å². The van der Waals surface area contributed by atoms with Crippen LogP contribution in [0, 0.1) is 47.2 Å². The highest BCUT2D eigenvalue weighted by molar-refractivity contribution is 5.86. The lowest BCUT2D eigenvalue weighted by atomic mass is 9.80. The lowest BCUT2D eigenvalue weighted by Gasteiger charge is -2.25. The predicted molar refractivity (Wildman–Crippen MR) is 104 cm³/mol. The summed E-state index contributed by atoms with van der Waals surface area (Å²) in [6.07, 6.45) is 2.15. The molecule has 1 fully saturated rings. The van der Waals surface area contributed by atoms with Crippen LogP contribution >= 0.6 is 0 Å². The second kappa shape index (κ2) is 8.87. The van der Waals surface area contributed by atoms with Crippen molar-refractivity contribution in [1.82, 2.24) is 0 Å². The molecule has 0 bridgehead atoms. The van der Waals surface area contributed by atoms with Crippen LogP contribution in [0.4, 0.5) is 22.0 Å². The molecular formula is C24H21F5. The number of hydrogen-bond donors (Lipinski definition) is 0. The molecule has 0 radical (unpaired) electrons. The van der Waals surface area contributed by atoms with Crippen LogP contribution < -0.4 is 0 Å². The van der Waals surface area contributed by atoms with Gasteiger partial charge < -0.3 is 0 Å². The second-order valence-corrected chi connectivity index (χ2v) is 7.51. The average molecular weight is 404 g/mol. The average Bonchev–Trinajstić information content (AvgIpc) is 2.66. The van der Waals surface area contributed by atoms with Gasteiger partial charge in [-0.2, -0.15) is 13.2 Å². The predicted octanol–water partition coefficient (Wildman–Crippen LogP) is 6.99. The third-order valence-electron chi connectivity index (χ3n) is 5.32. The van der Waals surface area contributed by atoms with Gasteiger partial charge in [-0.05, 0) is 55.2 Å². The summed E-state index contributed by atoms with van der Waals surface area (Å²) in [5, 5.41) is 0.263. The molecule has 0 saturated heterocycles. The van der Waals surface area contributed by atoms with Crippen molar-refractivity contribution in [3.63, 3.8) is 0 Å². The summed E-state index contributed by atoms with van der Waals surface area (Å²) in [5.74, 6) is 7.71. The molecule has 0 heterocycles. The monoisotopic (exact) mass is 404 g/mol. The Morgan fingerprint density at radius 1 is 1.00 bits per heavy atom. The zero-order chi connectivity index (χ0) is 21.0. The minimum Gasteiger partial charge on any atom is -0.205 e. The van der Waals surface area contributed by atoms with Gasteiger partial charge in [0.2, 0.25) is 0 Å². The van der Waals surface area contributed by atoms with Crippen LogP contribution in [0.25, 0.3) is 10.8 Å². The molecule has 0 aliphatic heterocycles. The molecule has 0 N–H and O–H groups in total. The molecule has 1 aliphatic carbocycles. The summed E-state index contributed by atoms with van der Waals surface area (Å²) in [6.45, 7) is 2.20. The fourth-order valence-electron chi connectivity index (χ4n) is 3.85. The maximum absolute atomic E-state index is 14.5. The minimum absolute atomic E-state index is 0.0171. The highest BCUT2D eigenvalue weighted by atomic mass is 19.4. The fraction of sp³-hybridized carbons (Fsp3) is 0.417. The van der Waals surface area contributed by atoms with Crippen molar-refractivity contribution >= 4 is 10.8 Å². The largest absolute Gasteiger partial charge is 0.458 e. The van der Waals surface area contributed by atoms with Crippen molar-refractivity contribution in [3.8, 4) is 23.7 Å². The van der Waals surface area contributed by atoms with Gasteiger partial charge in [0.05, 0.1) is 5.56 Å². The van der Waals surface area contributed by atoms with E-state index in [0.29, 0.717) is 11.5 Å². The molecule has 0 nitrogen and oxygen atoms in total. The molecule has 1 saturated carbocycles. The summed E-state index contributed by atoms with van der Waals surface area (Å²) in [4.78, 5) is 0. The number of rotatable bonds is 2. The van der Waals surface area contributed by atoms with Gasteiger partial charge in [-0.15, -0.1) is 0 Å². The molecular weight excluding hydrogens is 383 g/mol. The van der Waals surface area contributed by atoms with Crippen molar-refractivity contribution in [2.24, 2.45) is 11.8 Å². The van der Waals surface area contributed by atoms with Gasteiger partial charge in [0, 0.05) is 22.8 Å². The first-order chi connectivity index (χ1) is 13.8. The standard InChI is InChI=1S/C24H21F5/c1-2-3-16-4-6-17(7-5-16)8-9-18-10-11-20-19(14-18)15-22(25)21(23(20)26)12-13-24(27,28)29/h10-11,14-17H,2-7H2,1H3. The molecule has 5 heteroatoms. The Balaban J connectivity index is 1.82.